The van der Waals surface area contributed by atoms with Crippen LogP contribution < -0.4 is 4.74 Å². The summed E-state index contributed by atoms with van der Waals surface area (Å²) < 4.78 is 11.1. The van der Waals surface area contributed by atoms with Crippen molar-refractivity contribution in [1.29, 1.82) is 0 Å². The van der Waals surface area contributed by atoms with Gasteiger partial charge in [-0.15, -0.1) is 0 Å². The third kappa shape index (κ3) is 5.78. The fourth-order valence-corrected chi connectivity index (χ4v) is 3.51. The highest BCUT2D eigenvalue weighted by Gasteiger charge is 2.21. The minimum Gasteiger partial charge on any atom is -0.490 e. The number of ether oxygens (including phenoxy) is 1. The van der Waals surface area contributed by atoms with Crippen LogP contribution in [0.25, 0.3) is 0 Å². The number of hydrogen-bond donors (Lipinski definition) is 0. The summed E-state index contributed by atoms with van der Waals surface area (Å²) in [5, 5.41) is 0.657. The second kappa shape index (κ2) is 10.4. The topological polar surface area (TPSA) is 42.7 Å². The Labute approximate surface area is 181 Å². The van der Waals surface area contributed by atoms with Crippen LogP contribution in [-0.2, 0) is 13.1 Å². The van der Waals surface area contributed by atoms with E-state index in [9.17, 15) is 4.79 Å². The molecule has 0 unspecified atom stereocenters. The molecule has 6 heteroatoms. The van der Waals surface area contributed by atoms with Crippen molar-refractivity contribution < 1.29 is 13.9 Å². The fourth-order valence-electron chi connectivity index (χ4n) is 2.92. The van der Waals surface area contributed by atoms with Crippen molar-refractivity contribution in [3.05, 3.63) is 87.8 Å². The Bertz CT molecular complexity index is 904. The predicted molar refractivity (Wildman–Crippen MR) is 116 cm³/mol. The maximum Gasteiger partial charge on any atom is 0.254 e. The monoisotopic (exact) mass is 431 g/mol. The Morgan fingerprint density at radius 1 is 1.03 bits per heavy atom. The molecule has 152 valence electrons. The summed E-state index contributed by atoms with van der Waals surface area (Å²) in [7, 11) is 0. The minimum atomic E-state index is -0.186. The quantitative estimate of drug-likeness (QED) is 0.358. The maximum atomic E-state index is 13.3. The first kappa shape index (κ1) is 21.3. The zero-order valence-corrected chi connectivity index (χ0v) is 17.7. The lowest BCUT2D eigenvalue weighted by molar-refractivity contribution is 0.0717. The first-order chi connectivity index (χ1) is 14.1. The lowest BCUT2D eigenvalue weighted by Crippen LogP contribution is -2.30. The van der Waals surface area contributed by atoms with Crippen LogP contribution in [0.4, 0.5) is 0 Å². The summed E-state index contributed by atoms with van der Waals surface area (Å²) >= 11 is 12.7. The summed E-state index contributed by atoms with van der Waals surface area (Å²) in [6.45, 7) is 3.38. The van der Waals surface area contributed by atoms with Crippen molar-refractivity contribution in [3.8, 4) is 5.75 Å². The summed E-state index contributed by atoms with van der Waals surface area (Å²) in [4.78, 5) is 15.0. The third-order valence-electron chi connectivity index (χ3n) is 4.42. The Morgan fingerprint density at radius 2 is 1.76 bits per heavy atom. The van der Waals surface area contributed by atoms with Gasteiger partial charge in [-0.1, -0.05) is 66.9 Å². The van der Waals surface area contributed by atoms with Crippen molar-refractivity contribution in [2.75, 3.05) is 6.61 Å². The van der Waals surface area contributed by atoms with Crippen LogP contribution in [0.2, 0.25) is 10.0 Å². The van der Waals surface area contributed by atoms with Gasteiger partial charge < -0.3 is 14.1 Å². The number of nitrogens with zero attached hydrogens (tertiary/aromatic N) is 1. The third-order valence-corrected chi connectivity index (χ3v) is 4.98. The zero-order valence-electron chi connectivity index (χ0n) is 16.2. The van der Waals surface area contributed by atoms with Gasteiger partial charge in [-0.2, -0.15) is 0 Å². The highest BCUT2D eigenvalue weighted by atomic mass is 35.5. The van der Waals surface area contributed by atoms with Gasteiger partial charge in [0.05, 0.1) is 29.5 Å². The number of amides is 1. The van der Waals surface area contributed by atoms with E-state index in [0.717, 1.165) is 18.4 Å². The molecule has 0 saturated heterocycles. The molecule has 1 aromatic heterocycles. The van der Waals surface area contributed by atoms with Gasteiger partial charge in [0, 0.05) is 12.1 Å². The van der Waals surface area contributed by atoms with Gasteiger partial charge in [0.1, 0.15) is 5.76 Å². The number of carbonyl (C=O) groups excluding carboxylic acids is 1. The standard InChI is InChI=1S/C23H23Cl2NO3/c1-2-3-11-29-22-20(24)13-18(14-21(22)25)23(27)26(16-19-10-7-12-28-19)15-17-8-5-4-6-9-17/h4-10,12-14H,2-3,11,15-16H2,1H3. The van der Waals surface area contributed by atoms with Crippen LogP contribution in [0.3, 0.4) is 0 Å². The summed E-state index contributed by atoms with van der Waals surface area (Å²) in [5.74, 6) is 0.930. The predicted octanol–water partition coefficient (Wildman–Crippen LogP) is 6.61. The molecular formula is C23H23Cl2NO3. The second-order valence-electron chi connectivity index (χ2n) is 6.70. The summed E-state index contributed by atoms with van der Waals surface area (Å²) in [6.07, 6.45) is 3.51. The smallest absolute Gasteiger partial charge is 0.254 e. The lowest BCUT2D eigenvalue weighted by Gasteiger charge is -2.22. The van der Waals surface area contributed by atoms with E-state index in [-0.39, 0.29) is 5.91 Å². The summed E-state index contributed by atoms with van der Waals surface area (Å²) in [6, 6.07) is 16.7. The first-order valence-corrected chi connectivity index (χ1v) is 10.3. The summed E-state index contributed by atoms with van der Waals surface area (Å²) in [5.41, 5.74) is 1.43. The van der Waals surface area contributed by atoms with E-state index in [0.29, 0.717) is 46.8 Å². The van der Waals surface area contributed by atoms with Crippen molar-refractivity contribution in [2.24, 2.45) is 0 Å². The molecule has 3 rings (SSSR count). The second-order valence-corrected chi connectivity index (χ2v) is 7.51. The van der Waals surface area contributed by atoms with Gasteiger partial charge in [-0.05, 0) is 36.2 Å². The van der Waals surface area contributed by atoms with E-state index >= 15 is 0 Å². The number of rotatable bonds is 9. The van der Waals surface area contributed by atoms with Crippen LogP contribution in [-0.4, -0.2) is 17.4 Å². The zero-order chi connectivity index (χ0) is 20.6. The van der Waals surface area contributed by atoms with Crippen molar-refractivity contribution in [3.63, 3.8) is 0 Å². The first-order valence-electron chi connectivity index (χ1n) is 9.56. The molecule has 0 radical (unpaired) electrons. The SMILES string of the molecule is CCCCOc1c(Cl)cc(C(=O)N(Cc2ccccc2)Cc2ccco2)cc1Cl. The molecule has 2 aromatic carbocycles. The van der Waals surface area contributed by atoms with Crippen LogP contribution in [0.5, 0.6) is 5.75 Å². The highest BCUT2D eigenvalue weighted by Crippen LogP contribution is 2.35. The van der Waals surface area contributed by atoms with E-state index in [1.165, 1.54) is 0 Å². The van der Waals surface area contributed by atoms with E-state index in [1.807, 2.05) is 36.4 Å². The molecule has 0 aliphatic carbocycles. The van der Waals surface area contributed by atoms with Crippen molar-refractivity contribution in [1.82, 2.24) is 4.90 Å². The normalized spacial score (nSPS) is 10.7. The van der Waals surface area contributed by atoms with E-state index < -0.39 is 0 Å². The Hall–Kier alpha value is -2.43. The average molecular weight is 432 g/mol. The number of halogens is 2. The number of benzene rings is 2. The van der Waals surface area contributed by atoms with Crippen LogP contribution >= 0.6 is 23.2 Å². The molecule has 1 heterocycles. The van der Waals surface area contributed by atoms with E-state index in [4.69, 9.17) is 32.4 Å². The molecule has 0 fully saturated rings. The Morgan fingerprint density at radius 3 is 2.38 bits per heavy atom. The fraction of sp³-hybridized carbons (Fsp3) is 0.261. The van der Waals surface area contributed by atoms with Crippen LogP contribution in [0.15, 0.2) is 65.3 Å². The van der Waals surface area contributed by atoms with Gasteiger partial charge in [-0.25, -0.2) is 0 Å². The average Bonchev–Trinajstić information content (AvgIpc) is 3.23. The molecule has 0 N–H and O–H groups in total. The van der Waals surface area contributed by atoms with Gasteiger partial charge in [0.25, 0.3) is 5.91 Å². The molecule has 3 aromatic rings. The number of furan rings is 1. The number of carbonyl (C=O) groups is 1. The molecule has 29 heavy (non-hydrogen) atoms. The molecule has 4 nitrogen and oxygen atoms in total. The molecule has 0 bridgehead atoms. The number of unbranched alkanes of at least 4 members (excludes halogenated alkanes) is 1. The van der Waals surface area contributed by atoms with Crippen molar-refractivity contribution in [2.45, 2.75) is 32.9 Å². The molecule has 0 aliphatic heterocycles. The molecule has 0 spiro atoms. The largest absolute Gasteiger partial charge is 0.490 e. The van der Waals surface area contributed by atoms with Gasteiger partial charge in [0.15, 0.2) is 5.75 Å². The Kier molecular flexibility index (Phi) is 7.62. The van der Waals surface area contributed by atoms with Crippen LogP contribution in [0, 0.1) is 0 Å². The molecule has 0 atom stereocenters. The number of hydrogen-bond acceptors (Lipinski definition) is 3. The van der Waals surface area contributed by atoms with Gasteiger partial charge in [-0.3, -0.25) is 4.79 Å². The Balaban J connectivity index is 1.84. The van der Waals surface area contributed by atoms with Crippen molar-refractivity contribution >= 4 is 29.1 Å². The minimum absolute atomic E-state index is 0.186. The van der Waals surface area contributed by atoms with E-state index in [1.54, 1.807) is 29.4 Å². The maximum absolute atomic E-state index is 13.3. The van der Waals surface area contributed by atoms with E-state index in [2.05, 4.69) is 6.92 Å². The molecule has 1 amide bonds. The molecular weight excluding hydrogens is 409 g/mol. The highest BCUT2D eigenvalue weighted by molar-refractivity contribution is 6.37. The van der Waals surface area contributed by atoms with Gasteiger partial charge >= 0.3 is 0 Å². The molecule has 0 saturated carbocycles. The molecule has 0 aliphatic rings. The van der Waals surface area contributed by atoms with Crippen LogP contribution in [0.1, 0.15) is 41.4 Å². The van der Waals surface area contributed by atoms with Gasteiger partial charge in [0.2, 0.25) is 0 Å². The lowest BCUT2D eigenvalue weighted by atomic mass is 10.1.